The summed E-state index contributed by atoms with van der Waals surface area (Å²) in [6, 6.07) is 6.25. The van der Waals surface area contributed by atoms with Gasteiger partial charge in [0.05, 0.1) is 5.56 Å². The number of aromatic nitrogens is 2. The Hall–Kier alpha value is -2.10. The molecule has 3 N–H and O–H groups in total. The standard InChI is InChI=1S/C16H21N3O/c1-4-5-13-15(17)18-14(19-16(13)20)9-12-7-6-10(2)11(3)8-12/h6-8H,4-5,9H2,1-3H3,(H3,17,18,19,20). The van der Waals surface area contributed by atoms with Gasteiger partial charge < -0.3 is 10.7 Å². The number of anilines is 1. The highest BCUT2D eigenvalue weighted by Crippen LogP contribution is 2.13. The summed E-state index contributed by atoms with van der Waals surface area (Å²) < 4.78 is 0. The maximum Gasteiger partial charge on any atom is 0.256 e. The van der Waals surface area contributed by atoms with E-state index in [9.17, 15) is 4.79 Å². The molecule has 20 heavy (non-hydrogen) atoms. The maximum absolute atomic E-state index is 12.0. The lowest BCUT2D eigenvalue weighted by Crippen LogP contribution is -2.20. The van der Waals surface area contributed by atoms with Crippen LogP contribution in [0.25, 0.3) is 0 Å². The molecule has 0 aliphatic carbocycles. The molecule has 0 amide bonds. The van der Waals surface area contributed by atoms with Crippen LogP contribution in [0.5, 0.6) is 0 Å². The van der Waals surface area contributed by atoms with Crippen LogP contribution in [0.2, 0.25) is 0 Å². The zero-order valence-electron chi connectivity index (χ0n) is 12.3. The van der Waals surface area contributed by atoms with Crippen LogP contribution in [0.1, 0.15) is 41.4 Å². The van der Waals surface area contributed by atoms with Gasteiger partial charge in [0, 0.05) is 6.42 Å². The van der Waals surface area contributed by atoms with Crippen LogP contribution in [-0.4, -0.2) is 9.97 Å². The largest absolute Gasteiger partial charge is 0.383 e. The minimum atomic E-state index is -0.113. The molecule has 0 saturated heterocycles. The van der Waals surface area contributed by atoms with Crippen LogP contribution in [0.3, 0.4) is 0 Å². The fraction of sp³-hybridized carbons (Fsp3) is 0.375. The monoisotopic (exact) mass is 271 g/mol. The number of H-pyrrole nitrogens is 1. The SMILES string of the molecule is CCCc1c(N)nc(Cc2ccc(C)c(C)c2)[nH]c1=O. The van der Waals surface area contributed by atoms with Crippen LogP contribution in [0.4, 0.5) is 5.82 Å². The van der Waals surface area contributed by atoms with E-state index >= 15 is 0 Å². The Morgan fingerprint density at radius 1 is 1.25 bits per heavy atom. The molecule has 106 valence electrons. The minimum absolute atomic E-state index is 0.113. The molecule has 1 heterocycles. The second-order valence-electron chi connectivity index (χ2n) is 5.22. The van der Waals surface area contributed by atoms with Gasteiger partial charge in [0.1, 0.15) is 11.6 Å². The number of nitrogen functional groups attached to an aromatic ring is 1. The number of benzene rings is 1. The molecule has 0 aliphatic heterocycles. The third-order valence-corrected chi connectivity index (χ3v) is 3.54. The van der Waals surface area contributed by atoms with Crippen LogP contribution in [0, 0.1) is 13.8 Å². The van der Waals surface area contributed by atoms with Crippen LogP contribution < -0.4 is 11.3 Å². The summed E-state index contributed by atoms with van der Waals surface area (Å²) in [6.45, 7) is 6.17. The molecule has 0 radical (unpaired) electrons. The average molecular weight is 271 g/mol. The first-order valence-electron chi connectivity index (χ1n) is 6.95. The summed E-state index contributed by atoms with van der Waals surface area (Å²) in [5.41, 5.74) is 9.98. The first-order valence-corrected chi connectivity index (χ1v) is 6.95. The van der Waals surface area contributed by atoms with Crippen molar-refractivity contribution >= 4 is 5.82 Å². The number of aromatic amines is 1. The highest BCUT2D eigenvalue weighted by Gasteiger charge is 2.08. The number of nitrogens with zero attached hydrogens (tertiary/aromatic N) is 1. The third-order valence-electron chi connectivity index (χ3n) is 3.54. The van der Waals surface area contributed by atoms with E-state index in [2.05, 4.69) is 42.0 Å². The zero-order valence-corrected chi connectivity index (χ0v) is 12.3. The first-order chi connectivity index (χ1) is 9.51. The fourth-order valence-corrected chi connectivity index (χ4v) is 2.25. The Morgan fingerprint density at radius 3 is 2.60 bits per heavy atom. The zero-order chi connectivity index (χ0) is 14.7. The summed E-state index contributed by atoms with van der Waals surface area (Å²) in [7, 11) is 0. The van der Waals surface area contributed by atoms with Crippen LogP contribution in [-0.2, 0) is 12.8 Å². The van der Waals surface area contributed by atoms with Gasteiger partial charge in [0.15, 0.2) is 0 Å². The third kappa shape index (κ3) is 3.07. The highest BCUT2D eigenvalue weighted by atomic mass is 16.1. The van der Waals surface area contributed by atoms with Gasteiger partial charge in [-0.05, 0) is 37.0 Å². The second-order valence-corrected chi connectivity index (χ2v) is 5.22. The molecule has 0 spiro atoms. The van der Waals surface area contributed by atoms with E-state index in [-0.39, 0.29) is 5.56 Å². The van der Waals surface area contributed by atoms with E-state index in [4.69, 9.17) is 5.73 Å². The highest BCUT2D eigenvalue weighted by molar-refractivity contribution is 5.38. The predicted molar refractivity (Wildman–Crippen MR) is 82.0 cm³/mol. The van der Waals surface area contributed by atoms with Gasteiger partial charge in [-0.15, -0.1) is 0 Å². The van der Waals surface area contributed by atoms with Crippen molar-refractivity contribution in [2.24, 2.45) is 0 Å². The lowest BCUT2D eigenvalue weighted by atomic mass is 10.0. The molecule has 2 aromatic rings. The molecule has 4 heteroatoms. The Labute approximate surface area is 119 Å². The van der Waals surface area contributed by atoms with E-state index in [1.807, 2.05) is 6.92 Å². The Balaban J connectivity index is 2.30. The molecule has 0 bridgehead atoms. The molecule has 0 aliphatic rings. The first kappa shape index (κ1) is 14.3. The van der Waals surface area contributed by atoms with E-state index in [0.717, 1.165) is 12.0 Å². The Kier molecular flexibility index (Phi) is 4.23. The topological polar surface area (TPSA) is 71.8 Å². The molecule has 4 nitrogen and oxygen atoms in total. The summed E-state index contributed by atoms with van der Waals surface area (Å²) in [5, 5.41) is 0. The lowest BCUT2D eigenvalue weighted by molar-refractivity contribution is 0.862. The Bertz CT molecular complexity index is 674. The van der Waals surface area contributed by atoms with Crippen molar-refractivity contribution < 1.29 is 0 Å². The van der Waals surface area contributed by atoms with Crippen molar-refractivity contribution in [3.05, 3.63) is 56.6 Å². The summed E-state index contributed by atoms with van der Waals surface area (Å²) in [5.74, 6) is 0.977. The van der Waals surface area contributed by atoms with Crippen molar-refractivity contribution in [3.8, 4) is 0 Å². The molecule has 2 rings (SSSR count). The van der Waals surface area contributed by atoms with E-state index in [1.165, 1.54) is 11.1 Å². The Morgan fingerprint density at radius 2 is 2.00 bits per heavy atom. The molecular weight excluding hydrogens is 250 g/mol. The maximum atomic E-state index is 12.0. The summed E-state index contributed by atoms with van der Waals surface area (Å²) in [4.78, 5) is 19.1. The summed E-state index contributed by atoms with van der Waals surface area (Å²) >= 11 is 0. The van der Waals surface area contributed by atoms with Gasteiger partial charge in [0.2, 0.25) is 0 Å². The quantitative estimate of drug-likeness (QED) is 0.897. The summed E-state index contributed by atoms with van der Waals surface area (Å²) in [6.07, 6.45) is 2.14. The molecule has 0 atom stereocenters. The molecule has 0 saturated carbocycles. The second kappa shape index (κ2) is 5.90. The van der Waals surface area contributed by atoms with Gasteiger partial charge >= 0.3 is 0 Å². The van der Waals surface area contributed by atoms with Gasteiger partial charge in [-0.1, -0.05) is 31.5 Å². The van der Waals surface area contributed by atoms with Crippen LogP contribution >= 0.6 is 0 Å². The molecule has 0 unspecified atom stereocenters. The van der Waals surface area contributed by atoms with Crippen molar-refractivity contribution in [3.63, 3.8) is 0 Å². The molecule has 1 aromatic heterocycles. The van der Waals surface area contributed by atoms with Gasteiger partial charge in [-0.25, -0.2) is 4.98 Å². The smallest absolute Gasteiger partial charge is 0.256 e. The normalized spacial score (nSPS) is 10.8. The van der Waals surface area contributed by atoms with Crippen molar-refractivity contribution in [1.82, 2.24) is 9.97 Å². The van der Waals surface area contributed by atoms with Crippen LogP contribution in [0.15, 0.2) is 23.0 Å². The minimum Gasteiger partial charge on any atom is -0.383 e. The van der Waals surface area contributed by atoms with Gasteiger partial charge in [-0.3, -0.25) is 4.79 Å². The average Bonchev–Trinajstić information content (AvgIpc) is 2.38. The van der Waals surface area contributed by atoms with Crippen molar-refractivity contribution in [2.45, 2.75) is 40.0 Å². The van der Waals surface area contributed by atoms with Crippen molar-refractivity contribution in [2.75, 3.05) is 5.73 Å². The van der Waals surface area contributed by atoms with Crippen molar-refractivity contribution in [1.29, 1.82) is 0 Å². The van der Waals surface area contributed by atoms with Gasteiger partial charge in [0.25, 0.3) is 5.56 Å². The fourth-order valence-electron chi connectivity index (χ4n) is 2.25. The van der Waals surface area contributed by atoms with Gasteiger partial charge in [-0.2, -0.15) is 0 Å². The van der Waals surface area contributed by atoms with E-state index in [1.54, 1.807) is 0 Å². The van der Waals surface area contributed by atoms with E-state index < -0.39 is 0 Å². The number of hydrogen-bond donors (Lipinski definition) is 2. The number of nitrogens with one attached hydrogen (secondary N) is 1. The predicted octanol–water partition coefficient (Wildman–Crippen LogP) is 2.51. The van der Waals surface area contributed by atoms with E-state index in [0.29, 0.717) is 30.0 Å². The molecular formula is C16H21N3O. The number of nitrogens with two attached hydrogens (primary N) is 1. The number of rotatable bonds is 4. The molecule has 1 aromatic carbocycles. The number of hydrogen-bond acceptors (Lipinski definition) is 3. The lowest BCUT2D eigenvalue weighted by Gasteiger charge is -2.08. The number of aryl methyl sites for hydroxylation is 2. The molecule has 0 fully saturated rings.